The summed E-state index contributed by atoms with van der Waals surface area (Å²) in [5.74, 6) is -7.35. The molecule has 8 amide bonds. The summed E-state index contributed by atoms with van der Waals surface area (Å²) in [6, 6.07) is 13.9. The van der Waals surface area contributed by atoms with Crippen molar-refractivity contribution in [2.24, 2.45) is 17.2 Å². The number of unbranched alkanes of at least 4 members (excludes halogenated alkanes) is 1. The molecule has 3 aromatic carbocycles. The zero-order chi connectivity index (χ0) is 53.2. The predicted octanol–water partition coefficient (Wildman–Crippen LogP) is -0.970. The third kappa shape index (κ3) is 16.8. The van der Waals surface area contributed by atoms with E-state index in [1.165, 1.54) is 25.8 Å². The van der Waals surface area contributed by atoms with E-state index in [-0.39, 0.29) is 43.7 Å². The molecule has 4 aromatic rings. The Morgan fingerprint density at radius 2 is 1.40 bits per heavy atom. The van der Waals surface area contributed by atoms with E-state index in [0.717, 1.165) is 38.1 Å². The number of primary amides is 1. The zero-order valence-electron chi connectivity index (χ0n) is 41.0. The minimum absolute atomic E-state index is 0.0158. The number of H-pyrrole nitrogens is 1. The fourth-order valence-corrected chi connectivity index (χ4v) is 10.4. The van der Waals surface area contributed by atoms with Crippen LogP contribution in [0.25, 0.3) is 10.9 Å². The van der Waals surface area contributed by atoms with E-state index in [9.17, 15) is 43.8 Å². The maximum Gasteiger partial charge on any atom is 0.245 e. The number of hydrogen-bond donors (Lipinski definition) is 12. The zero-order valence-corrected chi connectivity index (χ0v) is 42.6. The maximum absolute atomic E-state index is 15.1. The van der Waals surface area contributed by atoms with Crippen molar-refractivity contribution in [1.82, 2.24) is 41.8 Å². The molecule has 15 N–H and O–H groups in total. The Bertz CT molecular complexity index is 2520. The first-order valence-corrected chi connectivity index (χ1v) is 26.4. The van der Waals surface area contributed by atoms with Crippen LogP contribution in [0, 0.1) is 0 Å². The number of nitrogens with one attached hydrogen (secondary N) is 7. The summed E-state index contributed by atoms with van der Waals surface area (Å²) in [6.45, 7) is 2.71. The monoisotopic (exact) mass is 1050 g/mol. The van der Waals surface area contributed by atoms with E-state index in [0.29, 0.717) is 24.0 Å². The van der Waals surface area contributed by atoms with Gasteiger partial charge in [-0.3, -0.25) is 38.4 Å². The lowest BCUT2D eigenvalue weighted by Gasteiger charge is -2.33. The molecule has 3 unspecified atom stereocenters. The van der Waals surface area contributed by atoms with Gasteiger partial charge in [0.2, 0.25) is 47.3 Å². The number of aliphatic hydroxyl groups is 2. The summed E-state index contributed by atoms with van der Waals surface area (Å²) in [5.41, 5.74) is 20.5. The molecule has 1 fully saturated rings. The highest BCUT2D eigenvalue weighted by Gasteiger charge is 2.38. The van der Waals surface area contributed by atoms with Crippen LogP contribution >= 0.6 is 21.6 Å². The molecule has 10 atom stereocenters. The van der Waals surface area contributed by atoms with Crippen LogP contribution < -0.4 is 49.1 Å². The lowest BCUT2D eigenvalue weighted by atomic mass is 9.99. The molecule has 21 nitrogen and oxygen atoms in total. The van der Waals surface area contributed by atoms with E-state index in [2.05, 4.69) is 36.9 Å². The van der Waals surface area contributed by atoms with Gasteiger partial charge in [-0.1, -0.05) is 100 Å². The van der Waals surface area contributed by atoms with Gasteiger partial charge in [-0.25, -0.2) is 0 Å². The summed E-state index contributed by atoms with van der Waals surface area (Å²) in [7, 11) is 3.39. The highest BCUT2D eigenvalue weighted by Crippen LogP contribution is 2.25. The van der Waals surface area contributed by atoms with E-state index in [4.69, 9.17) is 17.2 Å². The largest absolute Gasteiger partial charge is 0.391 e. The van der Waals surface area contributed by atoms with Gasteiger partial charge < -0.3 is 69.2 Å². The highest BCUT2D eigenvalue weighted by atomic mass is 33.1. The average Bonchev–Trinajstić information content (AvgIpc) is 3.78. The molecule has 0 radical (unpaired) electrons. The van der Waals surface area contributed by atoms with Crippen LogP contribution in [-0.4, -0.2) is 153 Å². The van der Waals surface area contributed by atoms with Crippen molar-refractivity contribution < 1.29 is 48.6 Å². The number of rotatable bonds is 17. The number of nitrogens with zero attached hydrogens (tertiary/aromatic N) is 1. The second-order valence-electron chi connectivity index (χ2n) is 18.0. The minimum Gasteiger partial charge on any atom is -0.391 e. The first-order valence-electron chi connectivity index (χ1n) is 24.0. The van der Waals surface area contributed by atoms with Gasteiger partial charge in [0.25, 0.3) is 0 Å². The fraction of sp³-hybridized carbons (Fsp3) is 0.440. The molecule has 1 aliphatic rings. The molecule has 394 valence electrons. The molecular weight excluding hydrogens is 979 g/mol. The second kappa shape index (κ2) is 28.1. The Kier molecular flexibility index (Phi) is 22.1. The fourth-order valence-electron chi connectivity index (χ4n) is 8.11. The van der Waals surface area contributed by atoms with Crippen molar-refractivity contribution in [3.63, 3.8) is 0 Å². The van der Waals surface area contributed by atoms with Crippen molar-refractivity contribution in [2.75, 3.05) is 25.1 Å². The Hall–Kier alpha value is -6.50. The van der Waals surface area contributed by atoms with Gasteiger partial charge in [0, 0.05) is 48.5 Å². The molecule has 0 saturated carbocycles. The Morgan fingerprint density at radius 3 is 2.04 bits per heavy atom. The number of amides is 8. The molecule has 2 heterocycles. The number of carbonyl (C=O) groups is 8. The molecule has 73 heavy (non-hydrogen) atoms. The summed E-state index contributed by atoms with van der Waals surface area (Å²) in [5, 5.41) is 37.7. The molecule has 1 aliphatic heterocycles. The first-order chi connectivity index (χ1) is 34.9. The molecule has 0 bridgehead atoms. The quantitative estimate of drug-likeness (QED) is 0.0448. The standard InChI is InChI=1S/C50H67N11O10S2/c1-28(62)41(43(53)64)59-47(68)39-27-73-72-26-38(57-44(65)34(52)22-30-14-6-4-7-15-30)46(67)56-37(23-31-16-8-5-9-17-31)50(71)61(3)40(24-32-25-54-35-19-11-10-18-33(32)35)48(69)55-36(20-12-13-21-51)45(66)60-42(29(2)63)49(70)58-39/h4-11,14-19,25,28-29,34,36-42,54,62-63H,12-13,20-24,26-27,51-52H2,1-3H3,(H2,53,64)(H,55,69)(H,56,67)(H,57,65)(H,58,70)(H,59,68)(H,60,66)/t28-,29-,34-,36+,37+,38?,39?,40?,41+,42+/m1/s1. The van der Waals surface area contributed by atoms with Crippen LogP contribution in [0.1, 0.15) is 49.8 Å². The third-order valence-corrected chi connectivity index (χ3v) is 14.7. The van der Waals surface area contributed by atoms with Gasteiger partial charge in [0.15, 0.2) is 0 Å². The summed E-state index contributed by atoms with van der Waals surface area (Å²) in [4.78, 5) is 117. The van der Waals surface area contributed by atoms with Gasteiger partial charge in [-0.15, -0.1) is 0 Å². The Labute approximate surface area is 431 Å². The first kappa shape index (κ1) is 57.4. The number of nitrogens with two attached hydrogens (primary N) is 3. The number of hydrogen-bond acceptors (Lipinski definition) is 14. The van der Waals surface area contributed by atoms with Crippen LogP contribution in [0.15, 0.2) is 91.1 Å². The molecule has 0 spiro atoms. The normalized spacial score (nSPS) is 22.6. The molecule has 1 saturated heterocycles. The topological polar surface area (TPSA) is 346 Å². The van der Waals surface area contributed by atoms with E-state index in [1.807, 2.05) is 30.3 Å². The van der Waals surface area contributed by atoms with Crippen molar-refractivity contribution in [3.8, 4) is 0 Å². The number of benzene rings is 3. The average molecular weight is 1050 g/mol. The van der Waals surface area contributed by atoms with Crippen molar-refractivity contribution >= 4 is 79.7 Å². The number of likely N-dealkylation sites (N-methyl/N-ethyl adjacent to an activating group) is 1. The van der Waals surface area contributed by atoms with E-state index < -0.39 is 108 Å². The van der Waals surface area contributed by atoms with E-state index in [1.54, 1.807) is 60.8 Å². The lowest BCUT2D eigenvalue weighted by molar-refractivity contribution is -0.143. The van der Waals surface area contributed by atoms with Crippen molar-refractivity contribution in [3.05, 3.63) is 108 Å². The molecular formula is C50H67N11O10S2. The summed E-state index contributed by atoms with van der Waals surface area (Å²) in [6.07, 6.45) is -0.493. The summed E-state index contributed by atoms with van der Waals surface area (Å²) >= 11 is 0. The Balaban J connectivity index is 1.60. The minimum atomic E-state index is -1.71. The summed E-state index contributed by atoms with van der Waals surface area (Å²) < 4.78 is 0. The van der Waals surface area contributed by atoms with Gasteiger partial charge >= 0.3 is 0 Å². The van der Waals surface area contributed by atoms with Crippen molar-refractivity contribution in [2.45, 2.75) is 113 Å². The molecule has 0 aliphatic carbocycles. The number of aromatic nitrogens is 1. The number of aliphatic hydroxyl groups excluding tert-OH is 2. The van der Waals surface area contributed by atoms with Gasteiger partial charge in [0.1, 0.15) is 42.3 Å². The van der Waals surface area contributed by atoms with Crippen LogP contribution in [0.2, 0.25) is 0 Å². The number of aromatic amines is 1. The maximum atomic E-state index is 15.1. The molecule has 23 heteroatoms. The van der Waals surface area contributed by atoms with Gasteiger partial charge in [-0.2, -0.15) is 0 Å². The third-order valence-electron chi connectivity index (χ3n) is 12.3. The van der Waals surface area contributed by atoms with Crippen LogP contribution in [-0.2, 0) is 57.6 Å². The van der Waals surface area contributed by atoms with Crippen LogP contribution in [0.5, 0.6) is 0 Å². The number of para-hydroxylation sites is 1. The predicted molar refractivity (Wildman–Crippen MR) is 279 cm³/mol. The van der Waals surface area contributed by atoms with Crippen LogP contribution in [0.3, 0.4) is 0 Å². The molecule has 5 rings (SSSR count). The number of carbonyl (C=O) groups excluding carboxylic acids is 8. The van der Waals surface area contributed by atoms with Gasteiger partial charge in [-0.05, 0) is 68.8 Å². The highest BCUT2D eigenvalue weighted by molar-refractivity contribution is 8.76. The lowest BCUT2D eigenvalue weighted by Crippen LogP contribution is -2.63. The second-order valence-corrected chi connectivity index (χ2v) is 20.5. The molecule has 1 aromatic heterocycles. The smallest absolute Gasteiger partial charge is 0.245 e. The van der Waals surface area contributed by atoms with E-state index >= 15 is 4.79 Å². The van der Waals surface area contributed by atoms with Gasteiger partial charge in [0.05, 0.1) is 18.2 Å². The van der Waals surface area contributed by atoms with Crippen molar-refractivity contribution in [1.29, 1.82) is 0 Å². The van der Waals surface area contributed by atoms with Crippen LogP contribution in [0.4, 0.5) is 0 Å². The Morgan fingerprint density at radius 1 is 0.767 bits per heavy atom. The SMILES string of the molecule is C[C@@H](O)[C@H](NC(=O)C1CSSCC(NC(=O)[C@H](N)Cc2ccccc2)C(=O)N[C@@H](Cc2ccccc2)C(=O)N(C)C(Cc2c[nH]c3ccccc23)C(=O)N[C@@H](CCCCN)C(=O)N[C@@H]([C@@H](C)O)C(=O)N1)C(N)=O. The number of fused-ring (bicyclic) bond motifs is 1.